The Labute approximate surface area is 276 Å². The average Bonchev–Trinajstić information content (AvgIpc) is 3.67. The molecule has 0 spiro atoms. The van der Waals surface area contributed by atoms with Crippen molar-refractivity contribution in [3.63, 3.8) is 0 Å². The zero-order chi connectivity index (χ0) is 32.2. The van der Waals surface area contributed by atoms with Gasteiger partial charge in [0, 0.05) is 50.0 Å². The van der Waals surface area contributed by atoms with Crippen molar-refractivity contribution in [1.82, 2.24) is 14.1 Å². The number of nitrogens with zero attached hydrogens (tertiary/aromatic N) is 5. The van der Waals surface area contributed by atoms with E-state index >= 15 is 0 Å². The van der Waals surface area contributed by atoms with Gasteiger partial charge in [-0.05, 0) is 48.5 Å². The van der Waals surface area contributed by atoms with Crippen molar-refractivity contribution in [1.29, 1.82) is 10.5 Å². The first-order chi connectivity index (χ1) is 23.8. The Morgan fingerprint density at radius 1 is 0.438 bits per heavy atom. The highest BCUT2D eigenvalue weighted by Gasteiger charge is 2.23. The fourth-order valence-corrected chi connectivity index (χ4v) is 7.33. The van der Waals surface area contributed by atoms with E-state index in [-0.39, 0.29) is 0 Å². The summed E-state index contributed by atoms with van der Waals surface area (Å²) in [6.07, 6.45) is 1.80. The number of benzene rings is 6. The van der Waals surface area contributed by atoms with Crippen LogP contribution in [-0.2, 0) is 0 Å². The summed E-state index contributed by atoms with van der Waals surface area (Å²) in [4.78, 5) is 4.93. The van der Waals surface area contributed by atoms with Crippen LogP contribution in [0.1, 0.15) is 11.1 Å². The number of rotatable bonds is 4. The monoisotopic (exact) mass is 611 g/mol. The summed E-state index contributed by atoms with van der Waals surface area (Å²) in [7, 11) is 0. The van der Waals surface area contributed by atoms with E-state index in [0.717, 1.165) is 66.2 Å². The zero-order valence-electron chi connectivity index (χ0n) is 25.7. The molecule has 9 aromatic rings. The van der Waals surface area contributed by atoms with Gasteiger partial charge in [0.05, 0.1) is 45.0 Å². The van der Waals surface area contributed by atoms with E-state index in [1.807, 2.05) is 84.9 Å². The second-order valence-electron chi connectivity index (χ2n) is 11.8. The van der Waals surface area contributed by atoms with Crippen molar-refractivity contribution in [2.24, 2.45) is 0 Å². The van der Waals surface area contributed by atoms with Crippen molar-refractivity contribution >= 4 is 43.6 Å². The lowest BCUT2D eigenvalue weighted by atomic mass is 9.89. The van der Waals surface area contributed by atoms with E-state index in [2.05, 4.69) is 81.9 Å². The highest BCUT2D eigenvalue weighted by Crippen LogP contribution is 2.42. The van der Waals surface area contributed by atoms with Gasteiger partial charge in [-0.1, -0.05) is 97.1 Å². The number of para-hydroxylation sites is 4. The van der Waals surface area contributed by atoms with Crippen molar-refractivity contribution in [2.45, 2.75) is 0 Å². The van der Waals surface area contributed by atoms with Gasteiger partial charge in [-0.25, -0.2) is 4.98 Å². The molecule has 9 rings (SSSR count). The molecule has 0 fully saturated rings. The van der Waals surface area contributed by atoms with Gasteiger partial charge in [-0.2, -0.15) is 10.5 Å². The number of fused-ring (bicyclic) bond motifs is 6. The number of pyridine rings is 1. The number of hydrogen-bond donors (Lipinski definition) is 0. The van der Waals surface area contributed by atoms with Gasteiger partial charge in [0.2, 0.25) is 0 Å². The first-order valence-electron chi connectivity index (χ1n) is 15.8. The standard InChI is InChI=1S/C43H25N5/c44-26-28-12-9-24-41(47-37-20-5-1-13-30(37)31-14-2-6-21-38(31)47)42(28)34-18-10-17-29(36(34)27-45)35-19-11-25-46-43(35)48-39-22-7-3-15-32(39)33-16-4-8-23-40(33)48/h1-25H. The maximum absolute atomic E-state index is 10.9. The lowest BCUT2D eigenvalue weighted by Crippen LogP contribution is -2.03. The number of nitriles is 2. The molecular weight excluding hydrogens is 587 g/mol. The SMILES string of the molecule is N#Cc1cccc(-n2c3ccccc3c3ccccc32)c1-c1cccc(-c2cccnc2-n2c3ccccc3c3ccccc32)c1C#N. The van der Waals surface area contributed by atoms with Crippen LogP contribution in [0.3, 0.4) is 0 Å². The van der Waals surface area contributed by atoms with Gasteiger partial charge in [-0.15, -0.1) is 0 Å². The highest BCUT2D eigenvalue weighted by atomic mass is 15.1. The third-order valence-corrected chi connectivity index (χ3v) is 9.30. The molecule has 6 aromatic carbocycles. The molecule has 0 radical (unpaired) electrons. The third-order valence-electron chi connectivity index (χ3n) is 9.30. The normalized spacial score (nSPS) is 11.3. The van der Waals surface area contributed by atoms with Crippen LogP contribution in [0, 0.1) is 22.7 Å². The Morgan fingerprint density at radius 2 is 0.938 bits per heavy atom. The molecule has 48 heavy (non-hydrogen) atoms. The molecule has 0 amide bonds. The molecule has 0 bridgehead atoms. The minimum absolute atomic E-state index is 0.484. The van der Waals surface area contributed by atoms with E-state index in [1.165, 1.54) is 0 Å². The molecule has 0 saturated carbocycles. The van der Waals surface area contributed by atoms with E-state index < -0.39 is 0 Å². The highest BCUT2D eigenvalue weighted by molar-refractivity contribution is 6.11. The Bertz CT molecular complexity index is 2710. The van der Waals surface area contributed by atoms with E-state index in [1.54, 1.807) is 6.20 Å². The summed E-state index contributed by atoms with van der Waals surface area (Å²) < 4.78 is 4.39. The maximum Gasteiger partial charge on any atom is 0.145 e. The minimum Gasteiger partial charge on any atom is -0.309 e. The van der Waals surface area contributed by atoms with E-state index in [4.69, 9.17) is 4.98 Å². The van der Waals surface area contributed by atoms with E-state index in [0.29, 0.717) is 22.3 Å². The lowest BCUT2D eigenvalue weighted by Gasteiger charge is -2.19. The molecule has 0 saturated heterocycles. The van der Waals surface area contributed by atoms with Crippen LogP contribution in [0.4, 0.5) is 0 Å². The smallest absolute Gasteiger partial charge is 0.145 e. The van der Waals surface area contributed by atoms with E-state index in [9.17, 15) is 10.5 Å². The second-order valence-corrected chi connectivity index (χ2v) is 11.8. The quantitative estimate of drug-likeness (QED) is 0.199. The zero-order valence-corrected chi connectivity index (χ0v) is 25.7. The summed E-state index contributed by atoms with van der Waals surface area (Å²) in [5.74, 6) is 0.736. The molecule has 0 aliphatic rings. The first kappa shape index (κ1) is 27.4. The summed E-state index contributed by atoms with van der Waals surface area (Å²) >= 11 is 0. The molecule has 0 unspecified atom stereocenters. The Morgan fingerprint density at radius 3 is 1.50 bits per heavy atom. The molecule has 0 N–H and O–H groups in total. The van der Waals surface area contributed by atoms with Gasteiger partial charge < -0.3 is 4.57 Å². The predicted octanol–water partition coefficient (Wildman–Crippen LogP) is 10.4. The fraction of sp³-hybridized carbons (Fsp3) is 0. The summed E-state index contributed by atoms with van der Waals surface area (Å²) in [5, 5.41) is 26.0. The number of hydrogen-bond acceptors (Lipinski definition) is 3. The maximum atomic E-state index is 10.9. The Balaban J connectivity index is 1.34. The molecule has 5 nitrogen and oxygen atoms in total. The van der Waals surface area contributed by atoms with Gasteiger partial charge in [-0.3, -0.25) is 4.57 Å². The van der Waals surface area contributed by atoms with Crippen molar-refractivity contribution in [3.8, 4) is 45.9 Å². The largest absolute Gasteiger partial charge is 0.309 e. The second kappa shape index (κ2) is 10.8. The van der Waals surface area contributed by atoms with Crippen LogP contribution < -0.4 is 0 Å². The molecular formula is C43H25N5. The molecule has 0 aliphatic carbocycles. The molecule has 0 atom stereocenters. The molecule has 3 heterocycles. The van der Waals surface area contributed by atoms with Crippen molar-refractivity contribution in [2.75, 3.05) is 0 Å². The van der Waals surface area contributed by atoms with Crippen LogP contribution >= 0.6 is 0 Å². The van der Waals surface area contributed by atoms with Gasteiger partial charge in [0.25, 0.3) is 0 Å². The van der Waals surface area contributed by atoms with Crippen molar-refractivity contribution < 1.29 is 0 Å². The summed E-state index contributed by atoms with van der Waals surface area (Å²) in [6, 6.07) is 53.9. The van der Waals surface area contributed by atoms with Gasteiger partial charge in [0.1, 0.15) is 11.9 Å². The predicted molar refractivity (Wildman–Crippen MR) is 193 cm³/mol. The number of aromatic nitrogens is 3. The van der Waals surface area contributed by atoms with Crippen LogP contribution in [0.5, 0.6) is 0 Å². The molecule has 222 valence electrons. The summed E-state index contributed by atoms with van der Waals surface area (Å²) in [5.41, 5.74) is 8.96. The van der Waals surface area contributed by atoms with Gasteiger partial charge >= 0.3 is 0 Å². The molecule has 5 heteroatoms. The molecule has 3 aromatic heterocycles. The van der Waals surface area contributed by atoms with Crippen molar-refractivity contribution in [3.05, 3.63) is 163 Å². The van der Waals surface area contributed by atoms with Crippen LogP contribution in [0.2, 0.25) is 0 Å². The van der Waals surface area contributed by atoms with Crippen LogP contribution in [0.25, 0.3) is 77.4 Å². The third kappa shape index (κ3) is 3.92. The first-order valence-corrected chi connectivity index (χ1v) is 15.8. The minimum atomic E-state index is 0.484. The molecule has 0 aliphatic heterocycles. The topological polar surface area (TPSA) is 70.3 Å². The van der Waals surface area contributed by atoms with Crippen LogP contribution in [-0.4, -0.2) is 14.1 Å². The Hall–Kier alpha value is -6.95. The lowest BCUT2D eigenvalue weighted by molar-refractivity contribution is 1.08. The Kier molecular flexibility index (Phi) is 6.18. The van der Waals surface area contributed by atoms with Crippen LogP contribution in [0.15, 0.2) is 152 Å². The summed E-state index contributed by atoms with van der Waals surface area (Å²) in [6.45, 7) is 0. The fourth-order valence-electron chi connectivity index (χ4n) is 7.33. The average molecular weight is 612 g/mol. The van der Waals surface area contributed by atoms with Gasteiger partial charge in [0.15, 0.2) is 0 Å².